The van der Waals surface area contributed by atoms with Gasteiger partial charge in [0.05, 0.1) is 13.2 Å². The number of hydrogen-bond donors (Lipinski definition) is 1. The summed E-state index contributed by atoms with van der Waals surface area (Å²) in [7, 11) is 1.52. The molecule has 0 aromatic heterocycles. The van der Waals surface area contributed by atoms with Crippen molar-refractivity contribution in [2.75, 3.05) is 38.9 Å². The van der Waals surface area contributed by atoms with Gasteiger partial charge in [0, 0.05) is 7.11 Å². The van der Waals surface area contributed by atoms with E-state index in [-0.39, 0.29) is 6.61 Å². The second-order valence-corrected chi connectivity index (χ2v) is 6.30. The highest BCUT2D eigenvalue weighted by atomic mass is 32.2. The van der Waals surface area contributed by atoms with Crippen LogP contribution in [0.3, 0.4) is 0 Å². The van der Waals surface area contributed by atoms with Gasteiger partial charge in [-0.05, 0) is 37.2 Å². The summed E-state index contributed by atoms with van der Waals surface area (Å²) in [6.07, 6.45) is 3.68. The number of carbonyl (C=O) groups excluding carboxylic acids is 2. The fourth-order valence-electron chi connectivity index (χ4n) is 1.65. The van der Waals surface area contributed by atoms with E-state index in [1.807, 2.05) is 6.26 Å². The van der Waals surface area contributed by atoms with Crippen molar-refractivity contribution in [2.45, 2.75) is 39.2 Å². The Bertz CT molecular complexity index is 312. The lowest BCUT2D eigenvalue weighted by atomic mass is 10.1. The minimum atomic E-state index is -0.665. The standard InChI is InChI=1S/C15H29NO5S/c1-12(2)6-5-8-20-14(17)13(7-11-22-4)16-15(18)21-10-9-19-3/h12-13H,5-11H2,1-4H3,(H,16,18). The van der Waals surface area contributed by atoms with E-state index in [9.17, 15) is 9.59 Å². The molecule has 0 radical (unpaired) electrons. The summed E-state index contributed by atoms with van der Waals surface area (Å²) < 4.78 is 14.9. The maximum absolute atomic E-state index is 12.0. The van der Waals surface area contributed by atoms with Crippen molar-refractivity contribution in [3.05, 3.63) is 0 Å². The lowest BCUT2D eigenvalue weighted by Gasteiger charge is -2.17. The van der Waals surface area contributed by atoms with Crippen molar-refractivity contribution in [1.82, 2.24) is 5.32 Å². The number of rotatable bonds is 12. The van der Waals surface area contributed by atoms with Gasteiger partial charge in [-0.3, -0.25) is 0 Å². The first-order valence-electron chi connectivity index (χ1n) is 7.59. The van der Waals surface area contributed by atoms with Crippen LogP contribution in [-0.4, -0.2) is 57.0 Å². The van der Waals surface area contributed by atoms with Gasteiger partial charge in [0.25, 0.3) is 0 Å². The normalized spacial score (nSPS) is 12.0. The van der Waals surface area contributed by atoms with E-state index in [2.05, 4.69) is 19.2 Å². The molecule has 6 nitrogen and oxygen atoms in total. The summed E-state index contributed by atoms with van der Waals surface area (Å²) >= 11 is 1.61. The molecule has 0 rings (SSSR count). The van der Waals surface area contributed by atoms with E-state index < -0.39 is 18.1 Å². The van der Waals surface area contributed by atoms with E-state index in [0.717, 1.165) is 18.6 Å². The smallest absolute Gasteiger partial charge is 0.407 e. The zero-order valence-electron chi connectivity index (χ0n) is 14.1. The number of nitrogens with one attached hydrogen (secondary N) is 1. The molecule has 1 amide bonds. The molecule has 1 unspecified atom stereocenters. The van der Waals surface area contributed by atoms with E-state index >= 15 is 0 Å². The quantitative estimate of drug-likeness (QED) is 0.436. The van der Waals surface area contributed by atoms with Crippen molar-refractivity contribution in [3.8, 4) is 0 Å². The molecule has 0 saturated heterocycles. The molecule has 1 atom stereocenters. The third-order valence-corrected chi connectivity index (χ3v) is 3.52. The predicted molar refractivity (Wildman–Crippen MR) is 88.2 cm³/mol. The van der Waals surface area contributed by atoms with Crippen LogP contribution in [0, 0.1) is 5.92 Å². The van der Waals surface area contributed by atoms with E-state index in [1.165, 1.54) is 7.11 Å². The Balaban J connectivity index is 4.18. The van der Waals surface area contributed by atoms with Crippen molar-refractivity contribution in [3.63, 3.8) is 0 Å². The highest BCUT2D eigenvalue weighted by Gasteiger charge is 2.22. The minimum absolute atomic E-state index is 0.154. The Morgan fingerprint density at radius 2 is 1.82 bits per heavy atom. The fourth-order valence-corrected chi connectivity index (χ4v) is 2.12. The molecule has 0 saturated carbocycles. The van der Waals surface area contributed by atoms with E-state index in [1.54, 1.807) is 11.8 Å². The largest absolute Gasteiger partial charge is 0.464 e. The van der Waals surface area contributed by atoms with Crippen LogP contribution >= 0.6 is 11.8 Å². The van der Waals surface area contributed by atoms with Gasteiger partial charge in [0.2, 0.25) is 0 Å². The molecule has 22 heavy (non-hydrogen) atoms. The number of ether oxygens (including phenoxy) is 3. The fraction of sp³-hybridized carbons (Fsp3) is 0.867. The molecule has 7 heteroatoms. The van der Waals surface area contributed by atoms with E-state index in [4.69, 9.17) is 14.2 Å². The van der Waals surface area contributed by atoms with Crippen LogP contribution in [0.15, 0.2) is 0 Å². The van der Waals surface area contributed by atoms with Crippen LogP contribution in [0.25, 0.3) is 0 Å². The Labute approximate surface area is 137 Å². The first kappa shape index (κ1) is 21.0. The van der Waals surface area contributed by atoms with Gasteiger partial charge in [-0.2, -0.15) is 11.8 Å². The molecular formula is C15H29NO5S. The lowest BCUT2D eigenvalue weighted by Crippen LogP contribution is -2.42. The van der Waals surface area contributed by atoms with Gasteiger partial charge in [0.15, 0.2) is 0 Å². The van der Waals surface area contributed by atoms with Crippen molar-refractivity contribution in [1.29, 1.82) is 0 Å². The predicted octanol–water partition coefficient (Wildman–Crippen LogP) is 2.46. The van der Waals surface area contributed by atoms with Crippen LogP contribution in [-0.2, 0) is 19.0 Å². The maximum Gasteiger partial charge on any atom is 0.407 e. The van der Waals surface area contributed by atoms with Gasteiger partial charge >= 0.3 is 12.1 Å². The first-order valence-corrected chi connectivity index (χ1v) is 8.98. The summed E-state index contributed by atoms with van der Waals surface area (Å²) in [5.74, 6) is 0.936. The molecule has 130 valence electrons. The number of carbonyl (C=O) groups is 2. The molecule has 0 aromatic rings. The van der Waals surface area contributed by atoms with Gasteiger partial charge in [-0.1, -0.05) is 13.8 Å². The highest BCUT2D eigenvalue weighted by Crippen LogP contribution is 2.06. The summed E-state index contributed by atoms with van der Waals surface area (Å²) in [4.78, 5) is 23.6. The van der Waals surface area contributed by atoms with Crippen LogP contribution in [0.5, 0.6) is 0 Å². The van der Waals surface area contributed by atoms with Gasteiger partial charge in [0.1, 0.15) is 12.6 Å². The average molecular weight is 335 g/mol. The summed E-state index contributed by atoms with van der Waals surface area (Å²) in [6.45, 7) is 5.11. The number of hydrogen-bond acceptors (Lipinski definition) is 6. The molecule has 0 aliphatic heterocycles. The van der Waals surface area contributed by atoms with Gasteiger partial charge < -0.3 is 19.5 Å². The third kappa shape index (κ3) is 11.7. The van der Waals surface area contributed by atoms with Crippen molar-refractivity contribution < 1.29 is 23.8 Å². The molecule has 0 fully saturated rings. The zero-order valence-corrected chi connectivity index (χ0v) is 14.9. The molecule has 1 N–H and O–H groups in total. The topological polar surface area (TPSA) is 73.9 Å². The number of alkyl carbamates (subject to hydrolysis) is 1. The monoisotopic (exact) mass is 335 g/mol. The highest BCUT2D eigenvalue weighted by molar-refractivity contribution is 7.98. The Hall–Kier alpha value is -0.950. The number of methoxy groups -OCH3 is 1. The van der Waals surface area contributed by atoms with Crippen LogP contribution in [0.4, 0.5) is 4.79 Å². The van der Waals surface area contributed by atoms with Gasteiger partial charge in [-0.25, -0.2) is 9.59 Å². The number of amides is 1. The molecule has 0 heterocycles. The van der Waals surface area contributed by atoms with Crippen molar-refractivity contribution >= 4 is 23.8 Å². The summed E-state index contributed by atoms with van der Waals surface area (Å²) in [5.41, 5.74) is 0. The SMILES string of the molecule is COCCOC(=O)NC(CCSC)C(=O)OCCCC(C)C. The second-order valence-electron chi connectivity index (χ2n) is 5.31. The molecule has 0 aliphatic rings. The Kier molecular flexibility index (Phi) is 13.1. The second kappa shape index (κ2) is 13.7. The third-order valence-electron chi connectivity index (χ3n) is 2.88. The molecule has 0 aliphatic carbocycles. The van der Waals surface area contributed by atoms with Crippen LogP contribution in [0.2, 0.25) is 0 Å². The molecule has 0 aromatic carbocycles. The van der Waals surface area contributed by atoms with Gasteiger partial charge in [-0.15, -0.1) is 0 Å². The minimum Gasteiger partial charge on any atom is -0.464 e. The summed E-state index contributed by atoms with van der Waals surface area (Å²) in [6, 6.07) is -0.665. The van der Waals surface area contributed by atoms with E-state index in [0.29, 0.717) is 25.6 Å². The molecule has 0 spiro atoms. The summed E-state index contributed by atoms with van der Waals surface area (Å²) in [5, 5.41) is 2.56. The van der Waals surface area contributed by atoms with Crippen molar-refractivity contribution in [2.24, 2.45) is 5.92 Å². The molecule has 0 bridgehead atoms. The first-order chi connectivity index (χ1) is 10.5. The number of esters is 1. The zero-order chi connectivity index (χ0) is 16.8. The lowest BCUT2D eigenvalue weighted by molar-refractivity contribution is -0.146. The molecular weight excluding hydrogens is 306 g/mol. The number of thioether (sulfide) groups is 1. The maximum atomic E-state index is 12.0. The van der Waals surface area contributed by atoms with Crippen LogP contribution < -0.4 is 5.32 Å². The van der Waals surface area contributed by atoms with Crippen LogP contribution in [0.1, 0.15) is 33.1 Å². The average Bonchev–Trinajstić information content (AvgIpc) is 2.47. The Morgan fingerprint density at radius 3 is 2.41 bits per heavy atom. The Morgan fingerprint density at radius 1 is 1.09 bits per heavy atom.